The maximum atomic E-state index is 12.7. The summed E-state index contributed by atoms with van der Waals surface area (Å²) in [5.74, 6) is 0.816. The van der Waals surface area contributed by atoms with Gasteiger partial charge in [0, 0.05) is 22.5 Å². The highest BCUT2D eigenvalue weighted by atomic mass is 32.1. The average Bonchev–Trinajstić information content (AvgIpc) is 3.19. The van der Waals surface area contributed by atoms with E-state index in [4.69, 9.17) is 5.73 Å². The number of nitrogens with two attached hydrogens (primary N) is 1. The quantitative estimate of drug-likeness (QED) is 0.510. The lowest BCUT2D eigenvalue weighted by Crippen LogP contribution is -2.39. The summed E-state index contributed by atoms with van der Waals surface area (Å²) < 4.78 is 0. The van der Waals surface area contributed by atoms with Gasteiger partial charge in [0.15, 0.2) is 5.13 Å². The van der Waals surface area contributed by atoms with Crippen LogP contribution < -0.4 is 16.4 Å². The molecule has 1 saturated carbocycles. The smallest absolute Gasteiger partial charge is 0.251 e. The lowest BCUT2D eigenvalue weighted by atomic mass is 9.84. The molecule has 0 aliphatic heterocycles. The summed E-state index contributed by atoms with van der Waals surface area (Å²) in [4.78, 5) is 18.5. The van der Waals surface area contributed by atoms with Gasteiger partial charge in [0.1, 0.15) is 0 Å². The number of thiazole rings is 1. The Bertz CT molecular complexity index is 1090. The number of benzene rings is 2. The van der Waals surface area contributed by atoms with Crippen LogP contribution in [0.3, 0.4) is 0 Å². The molecule has 1 aromatic heterocycles. The lowest BCUT2D eigenvalue weighted by Gasteiger charge is -2.30. The molecule has 1 atom stereocenters. The van der Waals surface area contributed by atoms with Gasteiger partial charge < -0.3 is 16.4 Å². The van der Waals surface area contributed by atoms with Crippen molar-refractivity contribution in [1.29, 1.82) is 0 Å². The Kier molecular flexibility index (Phi) is 6.42. The Morgan fingerprint density at radius 3 is 2.69 bits per heavy atom. The summed E-state index contributed by atoms with van der Waals surface area (Å²) in [5.41, 5.74) is 7.83. The van der Waals surface area contributed by atoms with Crippen molar-refractivity contribution >= 4 is 33.1 Å². The van der Waals surface area contributed by atoms with Crippen LogP contribution >= 0.6 is 11.3 Å². The maximum absolute atomic E-state index is 12.7. The fourth-order valence-corrected chi connectivity index (χ4v) is 6.21. The fraction of sp³-hybridized carbons (Fsp3) is 0.462. The minimum absolute atomic E-state index is 0.0567. The molecule has 5 nitrogen and oxygen atoms in total. The van der Waals surface area contributed by atoms with E-state index in [1.807, 2.05) is 30.3 Å². The molecule has 1 amide bonds. The number of fused-ring (bicyclic) bond motifs is 2. The summed E-state index contributed by atoms with van der Waals surface area (Å²) in [6.07, 6.45) is 9.05. The number of carbonyl (C=O) groups excluding carboxylic acids is 1. The summed E-state index contributed by atoms with van der Waals surface area (Å²) in [6.45, 7) is 1.08. The van der Waals surface area contributed by atoms with Crippen LogP contribution in [0.5, 0.6) is 0 Å². The van der Waals surface area contributed by atoms with Crippen molar-refractivity contribution in [2.75, 3.05) is 12.3 Å². The highest BCUT2D eigenvalue weighted by molar-refractivity contribution is 7.15. The zero-order valence-electron chi connectivity index (χ0n) is 18.5. The van der Waals surface area contributed by atoms with Gasteiger partial charge in [-0.15, -0.1) is 11.3 Å². The summed E-state index contributed by atoms with van der Waals surface area (Å²) in [7, 11) is 0. The molecule has 2 aliphatic carbocycles. The second-order valence-corrected chi connectivity index (χ2v) is 10.5. The van der Waals surface area contributed by atoms with Gasteiger partial charge in [-0.3, -0.25) is 4.79 Å². The van der Waals surface area contributed by atoms with Crippen LogP contribution in [-0.2, 0) is 12.8 Å². The van der Waals surface area contributed by atoms with Crippen LogP contribution in [-0.4, -0.2) is 29.5 Å². The first-order chi connectivity index (χ1) is 15.6. The molecule has 0 bridgehead atoms. The monoisotopic (exact) mass is 448 g/mol. The third-order valence-corrected chi connectivity index (χ3v) is 8.08. The number of nitrogen functional groups attached to an aromatic ring is 1. The minimum atomic E-state index is 0.0567. The molecule has 2 aliphatic rings. The Balaban J connectivity index is 1.04. The van der Waals surface area contributed by atoms with Crippen molar-refractivity contribution in [2.24, 2.45) is 5.92 Å². The van der Waals surface area contributed by atoms with E-state index in [9.17, 15) is 4.79 Å². The number of rotatable bonds is 6. The van der Waals surface area contributed by atoms with Gasteiger partial charge in [-0.2, -0.15) is 0 Å². The van der Waals surface area contributed by atoms with Crippen molar-refractivity contribution in [3.05, 3.63) is 58.6 Å². The second kappa shape index (κ2) is 9.59. The van der Waals surface area contributed by atoms with E-state index >= 15 is 0 Å². The van der Waals surface area contributed by atoms with Crippen LogP contribution in [0.2, 0.25) is 0 Å². The number of aryl methyl sites for hydroxylation is 1. The fourth-order valence-electron chi connectivity index (χ4n) is 5.26. The van der Waals surface area contributed by atoms with Crippen molar-refractivity contribution in [3.63, 3.8) is 0 Å². The topological polar surface area (TPSA) is 80.0 Å². The molecular formula is C26H32N4OS. The number of carbonyl (C=O) groups is 1. The van der Waals surface area contributed by atoms with Crippen molar-refractivity contribution < 1.29 is 4.79 Å². The molecule has 0 radical (unpaired) electrons. The molecule has 32 heavy (non-hydrogen) atoms. The zero-order chi connectivity index (χ0) is 21.9. The summed E-state index contributed by atoms with van der Waals surface area (Å²) in [6, 6.07) is 15.0. The SMILES string of the molecule is Nc1nc2c(s1)C[C@@H](NCCC1CCC(NC(=O)c3ccc4ccccc4c3)CC1)CC2. The van der Waals surface area contributed by atoms with E-state index in [0.717, 1.165) is 55.5 Å². The highest BCUT2D eigenvalue weighted by Gasteiger charge is 2.24. The molecule has 1 heterocycles. The first-order valence-corrected chi connectivity index (χ1v) is 12.7. The van der Waals surface area contributed by atoms with Gasteiger partial charge in [0.2, 0.25) is 0 Å². The predicted octanol–water partition coefficient (Wildman–Crippen LogP) is 4.70. The highest BCUT2D eigenvalue weighted by Crippen LogP contribution is 2.29. The molecule has 0 unspecified atom stereocenters. The maximum Gasteiger partial charge on any atom is 0.251 e. The Hall–Kier alpha value is -2.44. The first kappa shape index (κ1) is 21.4. The normalized spacial score (nSPS) is 23.1. The molecule has 5 rings (SSSR count). The van der Waals surface area contributed by atoms with E-state index in [1.54, 1.807) is 11.3 Å². The molecule has 3 aromatic rings. The van der Waals surface area contributed by atoms with E-state index in [-0.39, 0.29) is 5.91 Å². The van der Waals surface area contributed by atoms with Crippen LogP contribution in [0.1, 0.15) is 59.5 Å². The number of anilines is 1. The van der Waals surface area contributed by atoms with E-state index in [2.05, 4.69) is 27.8 Å². The van der Waals surface area contributed by atoms with Gasteiger partial charge in [-0.1, -0.05) is 30.3 Å². The first-order valence-electron chi connectivity index (χ1n) is 11.9. The lowest BCUT2D eigenvalue weighted by molar-refractivity contribution is 0.0921. The molecule has 0 spiro atoms. The van der Waals surface area contributed by atoms with Crippen molar-refractivity contribution in [3.8, 4) is 0 Å². The van der Waals surface area contributed by atoms with Crippen LogP contribution in [0.4, 0.5) is 5.13 Å². The van der Waals surface area contributed by atoms with Crippen molar-refractivity contribution in [2.45, 2.75) is 63.5 Å². The van der Waals surface area contributed by atoms with E-state index in [0.29, 0.717) is 17.2 Å². The van der Waals surface area contributed by atoms with Gasteiger partial charge in [0.25, 0.3) is 5.91 Å². The van der Waals surface area contributed by atoms with E-state index < -0.39 is 0 Å². The Labute approximate surface area is 193 Å². The van der Waals surface area contributed by atoms with Crippen LogP contribution in [0.15, 0.2) is 42.5 Å². The van der Waals surface area contributed by atoms with E-state index in [1.165, 1.54) is 35.2 Å². The molecular weight excluding hydrogens is 416 g/mol. The number of nitrogens with one attached hydrogen (secondary N) is 2. The molecule has 168 valence electrons. The predicted molar refractivity (Wildman–Crippen MR) is 132 cm³/mol. The number of aromatic nitrogens is 1. The number of nitrogens with zero attached hydrogens (tertiary/aromatic N) is 1. The zero-order valence-corrected chi connectivity index (χ0v) is 19.3. The van der Waals surface area contributed by atoms with Gasteiger partial charge in [0.05, 0.1) is 5.69 Å². The number of hydrogen-bond donors (Lipinski definition) is 3. The second-order valence-electron chi connectivity index (χ2n) is 9.36. The Morgan fingerprint density at radius 1 is 1.03 bits per heavy atom. The summed E-state index contributed by atoms with van der Waals surface area (Å²) in [5, 5.41) is 10.0. The minimum Gasteiger partial charge on any atom is -0.375 e. The largest absolute Gasteiger partial charge is 0.375 e. The molecule has 2 aromatic carbocycles. The van der Waals surface area contributed by atoms with Gasteiger partial charge in [-0.25, -0.2) is 4.98 Å². The van der Waals surface area contributed by atoms with Gasteiger partial charge >= 0.3 is 0 Å². The average molecular weight is 449 g/mol. The molecule has 4 N–H and O–H groups in total. The molecule has 6 heteroatoms. The third kappa shape index (κ3) is 4.97. The Morgan fingerprint density at radius 2 is 1.84 bits per heavy atom. The molecule has 1 fully saturated rings. The van der Waals surface area contributed by atoms with Crippen LogP contribution in [0.25, 0.3) is 10.8 Å². The van der Waals surface area contributed by atoms with Crippen molar-refractivity contribution in [1.82, 2.24) is 15.6 Å². The molecule has 0 saturated heterocycles. The van der Waals surface area contributed by atoms with Crippen LogP contribution in [0, 0.1) is 5.92 Å². The standard InChI is InChI=1S/C26H32N4OS/c27-26-30-23-12-11-22(16-24(23)32-26)28-14-13-17-5-9-21(10-6-17)29-25(31)20-8-7-18-3-1-2-4-19(18)15-20/h1-4,7-8,15,17,21-22,28H,5-6,9-14,16H2,(H2,27,30)(H,29,31)/t17?,21?,22-/m0/s1. The summed E-state index contributed by atoms with van der Waals surface area (Å²) >= 11 is 1.65. The third-order valence-electron chi connectivity index (χ3n) is 7.14. The number of amides is 1. The number of hydrogen-bond acceptors (Lipinski definition) is 5. The van der Waals surface area contributed by atoms with Gasteiger partial charge in [-0.05, 0) is 86.7 Å².